The normalized spacial score (nSPS) is 15.8. The molecule has 1 aliphatic heterocycles. The van der Waals surface area contributed by atoms with Gasteiger partial charge in [0.2, 0.25) is 0 Å². The number of carbonyl (C=O) groups excluding carboxylic acids is 2. The molecule has 0 saturated carbocycles. The number of likely N-dealkylation sites (N-methyl/N-ethyl adjacent to an activating group) is 1. The predicted molar refractivity (Wildman–Crippen MR) is 110 cm³/mol. The summed E-state index contributed by atoms with van der Waals surface area (Å²) in [4.78, 5) is 25.4. The molecule has 29 heavy (non-hydrogen) atoms. The van der Waals surface area contributed by atoms with Gasteiger partial charge in [0, 0.05) is 13.5 Å². The van der Waals surface area contributed by atoms with E-state index in [0.717, 1.165) is 16.2 Å². The molecule has 2 heterocycles. The SMILES string of the molecule is CNC(=O)C[NH2+]CC(=O)N1N=C(c2cccs2)C[C@@H]1c1ccc(OC)c(OC)c1. The maximum Gasteiger partial charge on any atom is 0.298 e. The Labute approximate surface area is 173 Å². The summed E-state index contributed by atoms with van der Waals surface area (Å²) in [6, 6.07) is 9.36. The molecule has 1 aromatic heterocycles. The maximum absolute atomic E-state index is 12.9. The molecule has 154 valence electrons. The first-order chi connectivity index (χ1) is 14.1. The number of hydrazone groups is 1. The summed E-state index contributed by atoms with van der Waals surface area (Å²) in [5.41, 5.74) is 1.79. The van der Waals surface area contributed by atoms with Crippen LogP contribution in [0.1, 0.15) is 22.9 Å². The molecule has 0 radical (unpaired) electrons. The first-order valence-electron chi connectivity index (χ1n) is 9.25. The van der Waals surface area contributed by atoms with Crippen LogP contribution in [-0.2, 0) is 9.59 Å². The van der Waals surface area contributed by atoms with Crippen LogP contribution in [0.25, 0.3) is 0 Å². The average molecular weight is 418 g/mol. The molecule has 0 unspecified atom stereocenters. The Morgan fingerprint density at radius 1 is 1.24 bits per heavy atom. The summed E-state index contributed by atoms with van der Waals surface area (Å²) in [5, 5.41) is 12.4. The Morgan fingerprint density at radius 2 is 2.03 bits per heavy atom. The summed E-state index contributed by atoms with van der Waals surface area (Å²) in [7, 11) is 4.74. The van der Waals surface area contributed by atoms with E-state index in [2.05, 4.69) is 10.4 Å². The third kappa shape index (κ3) is 4.75. The van der Waals surface area contributed by atoms with E-state index in [1.807, 2.05) is 35.7 Å². The number of benzene rings is 1. The molecule has 3 N–H and O–H groups in total. The fraction of sp³-hybridized carbons (Fsp3) is 0.350. The van der Waals surface area contributed by atoms with Crippen molar-refractivity contribution < 1.29 is 24.4 Å². The minimum absolute atomic E-state index is 0.126. The molecule has 8 nitrogen and oxygen atoms in total. The van der Waals surface area contributed by atoms with Crippen LogP contribution in [0, 0.1) is 0 Å². The molecule has 0 bridgehead atoms. The average Bonchev–Trinajstić information content (AvgIpc) is 3.42. The number of nitrogens with one attached hydrogen (secondary N) is 1. The summed E-state index contributed by atoms with van der Waals surface area (Å²) in [5.74, 6) is 0.956. The Hall–Kier alpha value is -2.91. The first-order valence-corrected chi connectivity index (χ1v) is 10.1. The van der Waals surface area contributed by atoms with Gasteiger partial charge in [-0.2, -0.15) is 5.10 Å². The number of nitrogens with zero attached hydrogens (tertiary/aromatic N) is 2. The van der Waals surface area contributed by atoms with Gasteiger partial charge in [0.25, 0.3) is 11.8 Å². The second-order valence-corrected chi connectivity index (χ2v) is 7.41. The van der Waals surface area contributed by atoms with Gasteiger partial charge in [-0.05, 0) is 29.1 Å². The second kappa shape index (κ2) is 9.53. The Balaban J connectivity index is 1.84. The van der Waals surface area contributed by atoms with Crippen molar-refractivity contribution in [3.8, 4) is 11.5 Å². The zero-order chi connectivity index (χ0) is 20.8. The van der Waals surface area contributed by atoms with E-state index in [0.29, 0.717) is 17.9 Å². The van der Waals surface area contributed by atoms with E-state index in [1.165, 1.54) is 5.01 Å². The summed E-state index contributed by atoms with van der Waals surface area (Å²) >= 11 is 1.60. The molecule has 0 fully saturated rings. The Morgan fingerprint density at radius 3 is 2.69 bits per heavy atom. The van der Waals surface area contributed by atoms with Crippen LogP contribution in [0.3, 0.4) is 0 Å². The van der Waals surface area contributed by atoms with Crippen molar-refractivity contribution in [2.24, 2.45) is 5.10 Å². The monoisotopic (exact) mass is 417 g/mol. The molecule has 0 spiro atoms. The van der Waals surface area contributed by atoms with Gasteiger partial charge in [-0.3, -0.25) is 9.59 Å². The van der Waals surface area contributed by atoms with Crippen LogP contribution in [0.4, 0.5) is 0 Å². The molecule has 0 saturated heterocycles. The van der Waals surface area contributed by atoms with Crippen molar-refractivity contribution in [3.05, 3.63) is 46.2 Å². The van der Waals surface area contributed by atoms with Crippen LogP contribution >= 0.6 is 11.3 Å². The second-order valence-electron chi connectivity index (χ2n) is 6.47. The maximum atomic E-state index is 12.9. The summed E-state index contributed by atoms with van der Waals surface area (Å²) in [6.45, 7) is 0.330. The van der Waals surface area contributed by atoms with Gasteiger partial charge in [0.1, 0.15) is 0 Å². The topological polar surface area (TPSA) is 96.8 Å². The highest BCUT2D eigenvalue weighted by molar-refractivity contribution is 7.12. The number of rotatable bonds is 8. The molecule has 1 aromatic carbocycles. The van der Waals surface area contributed by atoms with Crippen molar-refractivity contribution in [2.75, 3.05) is 34.4 Å². The standard InChI is InChI=1S/C20H24N4O4S/c1-21-19(25)11-22-12-20(26)24-15(10-14(23-24)18-5-4-8-29-18)13-6-7-16(27-2)17(9-13)28-3/h4-9,15,22H,10-12H2,1-3H3,(H,21,25)/p+1/t15-/m1/s1. The molecular weight excluding hydrogens is 392 g/mol. The lowest BCUT2D eigenvalue weighted by Crippen LogP contribution is -2.88. The summed E-state index contributed by atoms with van der Waals surface area (Å²) in [6.07, 6.45) is 0.608. The number of methoxy groups -OCH3 is 2. The molecule has 2 aromatic rings. The van der Waals surface area contributed by atoms with Gasteiger partial charge in [0.05, 0.1) is 30.9 Å². The van der Waals surface area contributed by atoms with Crippen LogP contribution in [0.5, 0.6) is 11.5 Å². The first kappa shape index (κ1) is 20.8. The number of quaternary nitrogens is 1. The molecule has 0 aliphatic carbocycles. The minimum atomic E-state index is -0.243. The molecular formula is C20H25N4O4S+. The Kier molecular flexibility index (Phi) is 6.84. The Bertz CT molecular complexity index is 898. The van der Waals surface area contributed by atoms with Gasteiger partial charge < -0.3 is 20.1 Å². The van der Waals surface area contributed by atoms with Crippen molar-refractivity contribution in [3.63, 3.8) is 0 Å². The molecule has 9 heteroatoms. The highest BCUT2D eigenvalue weighted by Gasteiger charge is 2.34. The molecule has 1 atom stereocenters. The number of hydrogen-bond acceptors (Lipinski definition) is 6. The number of thiophene rings is 1. The highest BCUT2D eigenvalue weighted by atomic mass is 32.1. The lowest BCUT2D eigenvalue weighted by Gasteiger charge is -2.22. The van der Waals surface area contributed by atoms with E-state index in [-0.39, 0.29) is 30.9 Å². The van der Waals surface area contributed by atoms with Gasteiger partial charge in [-0.15, -0.1) is 11.3 Å². The van der Waals surface area contributed by atoms with E-state index in [9.17, 15) is 9.59 Å². The van der Waals surface area contributed by atoms with E-state index in [1.54, 1.807) is 37.9 Å². The zero-order valence-corrected chi connectivity index (χ0v) is 17.5. The number of ether oxygens (including phenoxy) is 2. The third-order valence-corrected chi connectivity index (χ3v) is 5.61. The van der Waals surface area contributed by atoms with E-state index < -0.39 is 0 Å². The number of nitrogens with two attached hydrogens (primary N) is 1. The number of carbonyl (C=O) groups is 2. The largest absolute Gasteiger partial charge is 0.493 e. The van der Waals surface area contributed by atoms with Gasteiger partial charge in [-0.25, -0.2) is 5.01 Å². The van der Waals surface area contributed by atoms with Crippen LogP contribution in [0.15, 0.2) is 40.8 Å². The van der Waals surface area contributed by atoms with Crippen molar-refractivity contribution in [2.45, 2.75) is 12.5 Å². The number of amides is 2. The van der Waals surface area contributed by atoms with E-state index >= 15 is 0 Å². The van der Waals surface area contributed by atoms with Crippen LogP contribution < -0.4 is 20.1 Å². The summed E-state index contributed by atoms with van der Waals surface area (Å²) < 4.78 is 10.7. The van der Waals surface area contributed by atoms with Gasteiger partial charge in [-0.1, -0.05) is 12.1 Å². The zero-order valence-electron chi connectivity index (χ0n) is 16.7. The number of hydrogen-bond donors (Lipinski definition) is 2. The molecule has 2 amide bonds. The van der Waals surface area contributed by atoms with Crippen LogP contribution in [0.2, 0.25) is 0 Å². The molecule has 1 aliphatic rings. The van der Waals surface area contributed by atoms with Gasteiger partial charge >= 0.3 is 0 Å². The fourth-order valence-electron chi connectivity index (χ4n) is 3.17. The van der Waals surface area contributed by atoms with Crippen LogP contribution in [-0.4, -0.2) is 56.9 Å². The van der Waals surface area contributed by atoms with E-state index in [4.69, 9.17) is 9.47 Å². The predicted octanol–water partition coefficient (Wildman–Crippen LogP) is 0.752. The smallest absolute Gasteiger partial charge is 0.298 e. The van der Waals surface area contributed by atoms with Crippen molar-refractivity contribution in [1.29, 1.82) is 0 Å². The van der Waals surface area contributed by atoms with Crippen molar-refractivity contribution >= 4 is 28.9 Å². The third-order valence-electron chi connectivity index (χ3n) is 4.69. The highest BCUT2D eigenvalue weighted by Crippen LogP contribution is 2.37. The minimum Gasteiger partial charge on any atom is -0.493 e. The van der Waals surface area contributed by atoms with Crippen molar-refractivity contribution in [1.82, 2.24) is 10.3 Å². The quantitative estimate of drug-likeness (QED) is 0.663. The lowest BCUT2D eigenvalue weighted by atomic mass is 10.0. The molecule has 3 rings (SSSR count). The lowest BCUT2D eigenvalue weighted by molar-refractivity contribution is -0.633. The van der Waals surface area contributed by atoms with Gasteiger partial charge in [0.15, 0.2) is 24.6 Å². The fourth-order valence-corrected chi connectivity index (χ4v) is 3.89.